The summed E-state index contributed by atoms with van der Waals surface area (Å²) < 4.78 is 0. The van der Waals surface area contributed by atoms with Crippen molar-refractivity contribution in [2.45, 2.75) is 13.3 Å². The van der Waals surface area contributed by atoms with E-state index in [9.17, 15) is 14.4 Å². The number of piperazine rings is 1. The quantitative estimate of drug-likeness (QED) is 0.670. The summed E-state index contributed by atoms with van der Waals surface area (Å²) >= 11 is 5.86. The van der Waals surface area contributed by atoms with Crippen LogP contribution in [0.1, 0.15) is 12.0 Å². The van der Waals surface area contributed by atoms with E-state index in [1.54, 1.807) is 28.0 Å². The van der Waals surface area contributed by atoms with Gasteiger partial charge < -0.3 is 15.1 Å². The SMILES string of the molecule is Cc1cc(Cl)ccc1NC(=O)CC(=O)N1CCN(C=O)CC1. The minimum atomic E-state index is -0.353. The van der Waals surface area contributed by atoms with Crippen molar-refractivity contribution < 1.29 is 14.4 Å². The predicted octanol–water partition coefficient (Wildman–Crippen LogP) is 1.28. The summed E-state index contributed by atoms with van der Waals surface area (Å²) in [6, 6.07) is 5.14. The number of aryl methyl sites for hydroxylation is 1. The van der Waals surface area contributed by atoms with Crippen molar-refractivity contribution in [3.8, 4) is 0 Å². The summed E-state index contributed by atoms with van der Waals surface area (Å²) in [5.74, 6) is -0.581. The van der Waals surface area contributed by atoms with Gasteiger partial charge >= 0.3 is 0 Å². The highest BCUT2D eigenvalue weighted by Crippen LogP contribution is 2.19. The average molecular weight is 324 g/mol. The molecule has 0 spiro atoms. The topological polar surface area (TPSA) is 69.7 Å². The Morgan fingerprint density at radius 1 is 1.27 bits per heavy atom. The second-order valence-corrected chi connectivity index (χ2v) is 5.64. The van der Waals surface area contributed by atoms with Crippen LogP contribution in [-0.2, 0) is 14.4 Å². The van der Waals surface area contributed by atoms with Gasteiger partial charge in [0.1, 0.15) is 6.42 Å². The number of benzene rings is 1. The van der Waals surface area contributed by atoms with Crippen molar-refractivity contribution in [2.24, 2.45) is 0 Å². The fourth-order valence-electron chi connectivity index (χ4n) is 2.29. The molecule has 0 atom stereocenters. The lowest BCUT2D eigenvalue weighted by atomic mass is 10.2. The Kier molecular flexibility index (Phi) is 5.38. The molecule has 1 fully saturated rings. The van der Waals surface area contributed by atoms with Crippen LogP contribution in [0.25, 0.3) is 0 Å². The highest BCUT2D eigenvalue weighted by molar-refractivity contribution is 6.30. The molecule has 6 nitrogen and oxygen atoms in total. The van der Waals surface area contributed by atoms with Gasteiger partial charge in [-0.2, -0.15) is 0 Å². The summed E-state index contributed by atoms with van der Waals surface area (Å²) in [6.07, 6.45) is 0.570. The van der Waals surface area contributed by atoms with Crippen LogP contribution in [0.2, 0.25) is 5.02 Å². The molecule has 118 valence electrons. The lowest BCUT2D eigenvalue weighted by Crippen LogP contribution is -2.48. The van der Waals surface area contributed by atoms with Gasteiger partial charge in [0, 0.05) is 36.9 Å². The van der Waals surface area contributed by atoms with E-state index in [4.69, 9.17) is 11.6 Å². The monoisotopic (exact) mass is 323 g/mol. The maximum Gasteiger partial charge on any atom is 0.233 e. The summed E-state index contributed by atoms with van der Waals surface area (Å²) in [6.45, 7) is 3.78. The number of nitrogens with one attached hydrogen (secondary N) is 1. The molecule has 1 saturated heterocycles. The van der Waals surface area contributed by atoms with Crippen molar-refractivity contribution in [3.63, 3.8) is 0 Å². The number of halogens is 1. The van der Waals surface area contributed by atoms with E-state index in [1.165, 1.54) is 0 Å². The lowest BCUT2D eigenvalue weighted by Gasteiger charge is -2.32. The zero-order valence-electron chi connectivity index (χ0n) is 12.3. The smallest absolute Gasteiger partial charge is 0.233 e. The third kappa shape index (κ3) is 4.21. The molecule has 1 aliphatic rings. The van der Waals surface area contributed by atoms with E-state index in [0.717, 1.165) is 12.0 Å². The molecule has 0 radical (unpaired) electrons. The van der Waals surface area contributed by atoms with Gasteiger partial charge in [0.2, 0.25) is 18.2 Å². The number of amides is 3. The summed E-state index contributed by atoms with van der Waals surface area (Å²) in [5.41, 5.74) is 1.49. The van der Waals surface area contributed by atoms with Crippen molar-refractivity contribution in [3.05, 3.63) is 28.8 Å². The first-order valence-electron chi connectivity index (χ1n) is 7.02. The van der Waals surface area contributed by atoms with Crippen LogP contribution >= 0.6 is 11.6 Å². The second-order valence-electron chi connectivity index (χ2n) is 5.21. The fourth-order valence-corrected chi connectivity index (χ4v) is 2.51. The minimum absolute atomic E-state index is 0.205. The van der Waals surface area contributed by atoms with E-state index in [1.807, 2.05) is 6.92 Å². The molecule has 3 amide bonds. The molecule has 7 heteroatoms. The highest BCUT2D eigenvalue weighted by atomic mass is 35.5. The Balaban J connectivity index is 1.86. The average Bonchev–Trinajstić information content (AvgIpc) is 2.50. The van der Waals surface area contributed by atoms with E-state index >= 15 is 0 Å². The molecule has 1 heterocycles. The molecule has 1 N–H and O–H groups in total. The maximum atomic E-state index is 12.1. The van der Waals surface area contributed by atoms with Gasteiger partial charge in [-0.05, 0) is 30.7 Å². The Morgan fingerprint density at radius 3 is 2.55 bits per heavy atom. The first-order valence-corrected chi connectivity index (χ1v) is 7.40. The summed E-state index contributed by atoms with van der Waals surface area (Å²) in [7, 11) is 0. The summed E-state index contributed by atoms with van der Waals surface area (Å²) in [5, 5.41) is 3.31. The van der Waals surface area contributed by atoms with Crippen LogP contribution in [0, 0.1) is 6.92 Å². The van der Waals surface area contributed by atoms with Gasteiger partial charge in [0.05, 0.1) is 0 Å². The van der Waals surface area contributed by atoms with Crippen molar-refractivity contribution >= 4 is 35.5 Å². The van der Waals surface area contributed by atoms with Crippen molar-refractivity contribution in [2.75, 3.05) is 31.5 Å². The molecule has 2 rings (SSSR count). The van der Waals surface area contributed by atoms with Crippen LogP contribution in [0.3, 0.4) is 0 Å². The number of carbonyl (C=O) groups is 3. The van der Waals surface area contributed by atoms with Crippen molar-refractivity contribution in [1.82, 2.24) is 9.80 Å². The molecular weight excluding hydrogens is 306 g/mol. The third-order valence-electron chi connectivity index (χ3n) is 3.59. The molecule has 0 bridgehead atoms. The standard InChI is InChI=1S/C15H18ClN3O3/c1-11-8-12(16)2-3-13(11)17-14(21)9-15(22)19-6-4-18(10-20)5-7-19/h2-3,8,10H,4-7,9H2,1H3,(H,17,21). The number of hydrogen-bond donors (Lipinski definition) is 1. The number of anilines is 1. The predicted molar refractivity (Wildman–Crippen MR) is 83.7 cm³/mol. The molecule has 0 saturated carbocycles. The summed E-state index contributed by atoms with van der Waals surface area (Å²) in [4.78, 5) is 37.9. The molecule has 0 aromatic heterocycles. The Labute approximate surface area is 134 Å². The second kappa shape index (κ2) is 7.26. The fraction of sp³-hybridized carbons (Fsp3) is 0.400. The van der Waals surface area contributed by atoms with Crippen LogP contribution in [0.4, 0.5) is 5.69 Å². The first-order chi connectivity index (χ1) is 10.5. The minimum Gasteiger partial charge on any atom is -0.342 e. The Hall–Kier alpha value is -2.08. The van der Waals surface area contributed by atoms with Crippen LogP contribution in [0.5, 0.6) is 0 Å². The van der Waals surface area contributed by atoms with Crippen LogP contribution in [-0.4, -0.2) is 54.2 Å². The Bertz CT molecular complexity index is 583. The zero-order valence-corrected chi connectivity index (χ0v) is 13.1. The number of rotatable bonds is 4. The van der Waals surface area contributed by atoms with E-state index in [2.05, 4.69) is 5.32 Å². The first kappa shape index (κ1) is 16.3. The van der Waals surface area contributed by atoms with Gasteiger partial charge in [-0.3, -0.25) is 14.4 Å². The maximum absolute atomic E-state index is 12.1. The van der Waals surface area contributed by atoms with Crippen LogP contribution < -0.4 is 5.32 Å². The number of nitrogens with zero attached hydrogens (tertiary/aromatic N) is 2. The molecule has 1 aromatic rings. The molecule has 1 aromatic carbocycles. The van der Waals surface area contributed by atoms with Gasteiger partial charge in [-0.1, -0.05) is 11.6 Å². The molecule has 0 unspecified atom stereocenters. The highest BCUT2D eigenvalue weighted by Gasteiger charge is 2.22. The van der Waals surface area contributed by atoms with E-state index in [0.29, 0.717) is 36.9 Å². The van der Waals surface area contributed by atoms with Gasteiger partial charge in [-0.25, -0.2) is 0 Å². The Morgan fingerprint density at radius 2 is 1.95 bits per heavy atom. The normalized spacial score (nSPS) is 14.6. The number of carbonyl (C=O) groups excluding carboxylic acids is 3. The third-order valence-corrected chi connectivity index (χ3v) is 3.83. The zero-order chi connectivity index (χ0) is 16.1. The molecule has 22 heavy (non-hydrogen) atoms. The largest absolute Gasteiger partial charge is 0.342 e. The van der Waals surface area contributed by atoms with Crippen LogP contribution in [0.15, 0.2) is 18.2 Å². The molecule has 0 aliphatic carbocycles. The van der Waals surface area contributed by atoms with E-state index < -0.39 is 0 Å². The van der Waals surface area contributed by atoms with Gasteiger partial charge in [0.25, 0.3) is 0 Å². The van der Waals surface area contributed by atoms with Gasteiger partial charge in [-0.15, -0.1) is 0 Å². The molecular formula is C15H18ClN3O3. The van der Waals surface area contributed by atoms with Crippen molar-refractivity contribution in [1.29, 1.82) is 0 Å². The lowest BCUT2D eigenvalue weighted by molar-refractivity contribution is -0.137. The van der Waals surface area contributed by atoms with Gasteiger partial charge in [0.15, 0.2) is 0 Å². The molecule has 1 aliphatic heterocycles. The number of hydrogen-bond acceptors (Lipinski definition) is 3. The van der Waals surface area contributed by atoms with E-state index in [-0.39, 0.29) is 18.2 Å².